The number of allylic oxidation sites excluding steroid dienone is 3. The Hall–Kier alpha value is -3.44. The Morgan fingerprint density at radius 2 is 2.03 bits per heavy atom. The Bertz CT molecular complexity index is 1120. The summed E-state index contributed by atoms with van der Waals surface area (Å²) in [6, 6.07) is 9.69. The summed E-state index contributed by atoms with van der Waals surface area (Å²) in [7, 11) is 1.60. The maximum absolute atomic E-state index is 12.5. The van der Waals surface area contributed by atoms with Crippen molar-refractivity contribution < 1.29 is 19.0 Å². The molecule has 1 aromatic carbocycles. The van der Waals surface area contributed by atoms with Gasteiger partial charge in [0.1, 0.15) is 28.2 Å². The lowest BCUT2D eigenvalue weighted by molar-refractivity contribution is 0.0526. The van der Waals surface area contributed by atoms with E-state index >= 15 is 0 Å². The number of rotatable bonds is 4. The summed E-state index contributed by atoms with van der Waals surface area (Å²) in [6.45, 7) is 2.03. The van der Waals surface area contributed by atoms with Crippen LogP contribution in [0.5, 0.6) is 5.75 Å². The molecule has 1 unspecified atom stereocenters. The fourth-order valence-corrected chi connectivity index (χ4v) is 5.19. The summed E-state index contributed by atoms with van der Waals surface area (Å²) in [5, 5.41) is 10.2. The molecule has 2 heterocycles. The molecule has 0 saturated carbocycles. The number of nitrogens with zero attached hydrogens (tertiary/aromatic N) is 1. The van der Waals surface area contributed by atoms with Crippen LogP contribution in [0.3, 0.4) is 0 Å². The number of anilines is 1. The molecule has 1 aliphatic carbocycles. The Labute approximate surface area is 178 Å². The molecular formula is C22H21N3O4S. The summed E-state index contributed by atoms with van der Waals surface area (Å²) >= 11 is 1.32. The van der Waals surface area contributed by atoms with Crippen LogP contribution in [-0.2, 0) is 15.9 Å². The number of esters is 1. The van der Waals surface area contributed by atoms with E-state index in [1.807, 2.05) is 24.3 Å². The highest BCUT2D eigenvalue weighted by Gasteiger charge is 2.39. The van der Waals surface area contributed by atoms with Crippen LogP contribution in [0.2, 0.25) is 0 Å². The van der Waals surface area contributed by atoms with E-state index in [-0.39, 0.29) is 12.5 Å². The number of fused-ring (bicyclic) bond motifs is 2. The van der Waals surface area contributed by atoms with Crippen molar-refractivity contribution in [3.63, 3.8) is 0 Å². The second-order valence-electron chi connectivity index (χ2n) is 6.90. The van der Waals surface area contributed by atoms with Gasteiger partial charge in [-0.25, -0.2) is 4.79 Å². The van der Waals surface area contributed by atoms with Gasteiger partial charge in [-0.15, -0.1) is 11.3 Å². The smallest absolute Gasteiger partial charge is 0.341 e. The minimum Gasteiger partial charge on any atom is -0.497 e. The minimum absolute atomic E-state index is 0.107. The van der Waals surface area contributed by atoms with Gasteiger partial charge >= 0.3 is 5.97 Å². The monoisotopic (exact) mass is 423 g/mol. The van der Waals surface area contributed by atoms with E-state index in [1.165, 1.54) is 11.3 Å². The van der Waals surface area contributed by atoms with Gasteiger partial charge in [-0.3, -0.25) is 0 Å². The number of nitrogens with two attached hydrogens (primary N) is 2. The number of carbonyl (C=O) groups is 1. The first-order valence-electron chi connectivity index (χ1n) is 9.53. The molecule has 30 heavy (non-hydrogen) atoms. The van der Waals surface area contributed by atoms with Crippen molar-refractivity contribution in [2.24, 2.45) is 5.73 Å². The quantitative estimate of drug-likeness (QED) is 0.720. The number of carbonyl (C=O) groups excluding carboxylic acids is 1. The average Bonchev–Trinajstić information content (AvgIpc) is 3.09. The number of hydrogen-bond acceptors (Lipinski definition) is 8. The Morgan fingerprint density at radius 3 is 2.67 bits per heavy atom. The van der Waals surface area contributed by atoms with Gasteiger partial charge in [-0.05, 0) is 36.6 Å². The van der Waals surface area contributed by atoms with Gasteiger partial charge in [-0.1, -0.05) is 12.1 Å². The topological polar surface area (TPSA) is 121 Å². The fraction of sp³-hybridized carbons (Fsp3) is 0.273. The van der Waals surface area contributed by atoms with Gasteiger partial charge < -0.3 is 25.7 Å². The molecule has 1 aliphatic heterocycles. The van der Waals surface area contributed by atoms with Crippen LogP contribution in [0.15, 0.2) is 41.5 Å². The Kier molecular flexibility index (Phi) is 5.14. The van der Waals surface area contributed by atoms with Crippen LogP contribution in [0.4, 0.5) is 5.00 Å². The summed E-state index contributed by atoms with van der Waals surface area (Å²) in [5.74, 6) is 0.679. The number of nitriles is 1. The molecule has 8 heteroatoms. The van der Waals surface area contributed by atoms with Gasteiger partial charge in [-0.2, -0.15) is 5.26 Å². The third kappa shape index (κ3) is 3.08. The molecule has 4 rings (SSSR count). The first-order chi connectivity index (χ1) is 14.5. The summed E-state index contributed by atoms with van der Waals surface area (Å²) < 4.78 is 16.3. The van der Waals surface area contributed by atoms with Gasteiger partial charge in [0, 0.05) is 16.9 Å². The highest BCUT2D eigenvalue weighted by atomic mass is 32.1. The molecule has 2 aromatic rings. The number of benzene rings is 1. The van der Waals surface area contributed by atoms with Crippen LogP contribution >= 0.6 is 11.3 Å². The van der Waals surface area contributed by atoms with Crippen molar-refractivity contribution >= 4 is 27.9 Å². The average molecular weight is 423 g/mol. The van der Waals surface area contributed by atoms with Crippen LogP contribution in [-0.4, -0.2) is 19.7 Å². The number of methoxy groups -OCH3 is 1. The number of thiophene rings is 1. The predicted molar refractivity (Wildman–Crippen MR) is 114 cm³/mol. The second-order valence-corrected chi connectivity index (χ2v) is 7.96. The third-order valence-electron chi connectivity index (χ3n) is 5.31. The van der Waals surface area contributed by atoms with Gasteiger partial charge in [0.2, 0.25) is 5.88 Å². The SMILES string of the molecule is CCOC(=O)c1c(N)sc2c1CCC1=C2C(c2ccc(OC)cc2)C(C#N)=C(N)O1. The normalized spacial score (nSPS) is 17.6. The van der Waals surface area contributed by atoms with Crippen molar-refractivity contribution in [3.8, 4) is 11.8 Å². The van der Waals surface area contributed by atoms with E-state index in [2.05, 4.69) is 6.07 Å². The number of ether oxygens (including phenoxy) is 3. The molecule has 0 amide bonds. The van der Waals surface area contributed by atoms with Crippen molar-refractivity contribution in [2.45, 2.75) is 25.7 Å². The molecule has 1 atom stereocenters. The van der Waals surface area contributed by atoms with E-state index in [4.69, 9.17) is 25.7 Å². The van der Waals surface area contributed by atoms with Gasteiger partial charge in [0.25, 0.3) is 0 Å². The first kappa shape index (κ1) is 19.9. The van der Waals surface area contributed by atoms with Crippen molar-refractivity contribution in [1.82, 2.24) is 0 Å². The van der Waals surface area contributed by atoms with Crippen molar-refractivity contribution in [2.75, 3.05) is 19.5 Å². The van der Waals surface area contributed by atoms with E-state index in [1.54, 1.807) is 14.0 Å². The highest BCUT2D eigenvalue weighted by Crippen LogP contribution is 2.52. The van der Waals surface area contributed by atoms with Crippen LogP contribution in [0.1, 0.15) is 45.6 Å². The highest BCUT2D eigenvalue weighted by molar-refractivity contribution is 7.17. The van der Waals surface area contributed by atoms with Crippen LogP contribution in [0.25, 0.3) is 5.57 Å². The second kappa shape index (κ2) is 7.76. The molecule has 7 nitrogen and oxygen atoms in total. The van der Waals surface area contributed by atoms with E-state index in [0.29, 0.717) is 40.5 Å². The summed E-state index contributed by atoms with van der Waals surface area (Å²) in [6.07, 6.45) is 1.14. The zero-order valence-corrected chi connectivity index (χ0v) is 17.5. The summed E-state index contributed by atoms with van der Waals surface area (Å²) in [5.41, 5.74) is 15.6. The molecule has 154 valence electrons. The van der Waals surface area contributed by atoms with E-state index < -0.39 is 11.9 Å². The minimum atomic E-state index is -0.426. The lowest BCUT2D eigenvalue weighted by Crippen LogP contribution is -2.23. The molecule has 0 fully saturated rings. The fourth-order valence-electron chi connectivity index (χ4n) is 3.99. The molecule has 0 radical (unpaired) electrons. The maximum Gasteiger partial charge on any atom is 0.341 e. The molecule has 0 spiro atoms. The molecule has 1 aromatic heterocycles. The van der Waals surface area contributed by atoms with Gasteiger partial charge in [0.15, 0.2) is 0 Å². The van der Waals surface area contributed by atoms with Crippen molar-refractivity contribution in [1.29, 1.82) is 5.26 Å². The standard InChI is InChI=1S/C22H21N3O4S/c1-3-28-22(26)17-13-8-9-15-18(19(13)30-21(17)25)16(14(10-23)20(24)29-15)11-4-6-12(27-2)7-5-11/h4-7,16H,3,8-9,24-25H2,1-2H3. The van der Waals surface area contributed by atoms with Crippen LogP contribution < -0.4 is 16.2 Å². The maximum atomic E-state index is 12.5. The number of nitrogen functional groups attached to an aromatic ring is 1. The largest absolute Gasteiger partial charge is 0.497 e. The van der Waals surface area contributed by atoms with Crippen LogP contribution in [0, 0.1) is 11.3 Å². The summed E-state index contributed by atoms with van der Waals surface area (Å²) in [4.78, 5) is 13.4. The Morgan fingerprint density at radius 1 is 1.30 bits per heavy atom. The van der Waals surface area contributed by atoms with E-state index in [9.17, 15) is 10.1 Å². The zero-order valence-electron chi connectivity index (χ0n) is 16.7. The van der Waals surface area contributed by atoms with Gasteiger partial charge in [0.05, 0.1) is 25.2 Å². The molecule has 4 N–H and O–H groups in total. The predicted octanol–water partition coefficient (Wildman–Crippen LogP) is 3.68. The number of hydrogen-bond donors (Lipinski definition) is 2. The van der Waals surface area contributed by atoms with E-state index in [0.717, 1.165) is 21.6 Å². The molecule has 2 aliphatic rings. The Balaban J connectivity index is 1.89. The molecular weight excluding hydrogens is 402 g/mol. The lowest BCUT2D eigenvalue weighted by atomic mass is 9.78. The third-order valence-corrected chi connectivity index (χ3v) is 6.40. The first-order valence-corrected chi connectivity index (χ1v) is 10.3. The molecule has 0 bridgehead atoms. The lowest BCUT2D eigenvalue weighted by Gasteiger charge is -2.32. The molecule has 0 saturated heterocycles. The zero-order chi connectivity index (χ0) is 21.4. The van der Waals surface area contributed by atoms with Crippen molar-refractivity contribution in [3.05, 3.63) is 63.0 Å².